The molecule has 0 bridgehead atoms. The normalized spacial score (nSPS) is 11.3. The molecule has 0 atom stereocenters. The van der Waals surface area contributed by atoms with E-state index in [1.54, 1.807) is 7.11 Å². The minimum Gasteiger partial charge on any atom is -0.496 e. The van der Waals surface area contributed by atoms with Crippen LogP contribution in [0.25, 0.3) is 0 Å². The van der Waals surface area contributed by atoms with Crippen LogP contribution < -0.4 is 4.74 Å². The van der Waals surface area contributed by atoms with E-state index in [1.165, 1.54) is 9.75 Å². The lowest BCUT2D eigenvalue weighted by molar-refractivity contribution is 0.410. The maximum atomic E-state index is 5.35. The Labute approximate surface area is 84.7 Å². The fourth-order valence-electron chi connectivity index (χ4n) is 1.25. The second-order valence-corrected chi connectivity index (χ2v) is 5.01. The lowest BCUT2D eigenvalue weighted by atomic mass is 10.1. The van der Waals surface area contributed by atoms with E-state index in [2.05, 4.69) is 33.8 Å². The monoisotopic (exact) mass is 198 g/mol. The maximum Gasteiger partial charge on any atom is 0.133 e. The van der Waals surface area contributed by atoms with Crippen LogP contribution in [0.4, 0.5) is 0 Å². The van der Waals surface area contributed by atoms with Crippen LogP contribution in [0.15, 0.2) is 6.07 Å². The Morgan fingerprint density at radius 3 is 2.08 bits per heavy atom. The molecule has 0 saturated heterocycles. The van der Waals surface area contributed by atoms with Gasteiger partial charge in [-0.15, -0.1) is 11.3 Å². The molecule has 13 heavy (non-hydrogen) atoms. The molecule has 1 nitrogen and oxygen atoms in total. The van der Waals surface area contributed by atoms with E-state index in [0.29, 0.717) is 11.8 Å². The van der Waals surface area contributed by atoms with Gasteiger partial charge < -0.3 is 4.74 Å². The van der Waals surface area contributed by atoms with Gasteiger partial charge in [0.1, 0.15) is 5.75 Å². The molecule has 1 aromatic heterocycles. The molecule has 0 fully saturated rings. The largest absolute Gasteiger partial charge is 0.496 e. The van der Waals surface area contributed by atoms with Crippen molar-refractivity contribution in [2.24, 2.45) is 0 Å². The molecule has 2 heteroatoms. The zero-order chi connectivity index (χ0) is 10.0. The molecular formula is C11H18OS. The van der Waals surface area contributed by atoms with E-state index < -0.39 is 0 Å². The molecule has 1 aromatic rings. The SMILES string of the molecule is COc1cc(C(C)C)sc1C(C)C. The van der Waals surface area contributed by atoms with Crippen molar-refractivity contribution in [2.75, 3.05) is 7.11 Å². The average Bonchev–Trinajstić information content (AvgIpc) is 2.47. The van der Waals surface area contributed by atoms with E-state index in [4.69, 9.17) is 4.74 Å². The highest BCUT2D eigenvalue weighted by atomic mass is 32.1. The van der Waals surface area contributed by atoms with Crippen LogP contribution in [0, 0.1) is 0 Å². The predicted octanol–water partition coefficient (Wildman–Crippen LogP) is 4.00. The first kappa shape index (κ1) is 10.6. The predicted molar refractivity (Wildman–Crippen MR) is 59.0 cm³/mol. The first-order chi connectivity index (χ1) is 6.06. The second kappa shape index (κ2) is 4.14. The van der Waals surface area contributed by atoms with Crippen LogP contribution in [-0.2, 0) is 0 Å². The summed E-state index contributed by atoms with van der Waals surface area (Å²) in [4.78, 5) is 2.78. The summed E-state index contributed by atoms with van der Waals surface area (Å²) < 4.78 is 5.35. The van der Waals surface area contributed by atoms with E-state index in [-0.39, 0.29) is 0 Å². The number of rotatable bonds is 3. The number of methoxy groups -OCH3 is 1. The average molecular weight is 198 g/mol. The molecule has 0 N–H and O–H groups in total. The summed E-state index contributed by atoms with van der Waals surface area (Å²) in [6.07, 6.45) is 0. The van der Waals surface area contributed by atoms with Crippen molar-refractivity contribution in [3.8, 4) is 5.75 Å². The molecular weight excluding hydrogens is 180 g/mol. The number of ether oxygens (including phenoxy) is 1. The van der Waals surface area contributed by atoms with Crippen LogP contribution >= 0.6 is 11.3 Å². The minimum atomic E-state index is 0.562. The van der Waals surface area contributed by atoms with Crippen molar-refractivity contribution in [1.82, 2.24) is 0 Å². The second-order valence-electron chi connectivity index (χ2n) is 3.89. The van der Waals surface area contributed by atoms with Crippen molar-refractivity contribution in [1.29, 1.82) is 0 Å². The third-order valence-corrected chi connectivity index (χ3v) is 3.77. The molecule has 1 heterocycles. The quantitative estimate of drug-likeness (QED) is 0.713. The smallest absolute Gasteiger partial charge is 0.133 e. The summed E-state index contributed by atoms with van der Waals surface area (Å²) in [5.74, 6) is 2.22. The van der Waals surface area contributed by atoms with Crippen LogP contribution in [0.5, 0.6) is 5.75 Å². The van der Waals surface area contributed by atoms with Crippen LogP contribution in [0.2, 0.25) is 0 Å². The zero-order valence-electron chi connectivity index (χ0n) is 9.05. The van der Waals surface area contributed by atoms with Crippen LogP contribution in [0.3, 0.4) is 0 Å². The third-order valence-electron chi connectivity index (χ3n) is 2.06. The van der Waals surface area contributed by atoms with Gasteiger partial charge in [0.15, 0.2) is 0 Å². The number of thiophene rings is 1. The third kappa shape index (κ3) is 2.25. The lowest BCUT2D eigenvalue weighted by Gasteiger charge is -2.03. The standard InChI is InChI=1S/C11H18OS/c1-7(2)10-6-9(12-5)11(13-10)8(3)4/h6-8H,1-5H3. The molecule has 0 unspecified atom stereocenters. The Bertz CT molecular complexity index is 274. The summed E-state index contributed by atoms with van der Waals surface area (Å²) >= 11 is 1.88. The topological polar surface area (TPSA) is 9.23 Å². The Balaban J connectivity index is 3.04. The van der Waals surface area contributed by atoms with Gasteiger partial charge >= 0.3 is 0 Å². The summed E-state index contributed by atoms with van der Waals surface area (Å²) in [5.41, 5.74) is 0. The van der Waals surface area contributed by atoms with Gasteiger partial charge in [0.05, 0.1) is 7.11 Å². The fourth-order valence-corrected chi connectivity index (χ4v) is 2.39. The van der Waals surface area contributed by atoms with E-state index in [9.17, 15) is 0 Å². The lowest BCUT2D eigenvalue weighted by Crippen LogP contribution is -1.87. The summed E-state index contributed by atoms with van der Waals surface area (Å²) in [7, 11) is 1.75. The highest BCUT2D eigenvalue weighted by Gasteiger charge is 2.13. The van der Waals surface area contributed by atoms with Crippen molar-refractivity contribution in [3.05, 3.63) is 15.8 Å². The maximum absolute atomic E-state index is 5.35. The molecule has 0 aliphatic heterocycles. The van der Waals surface area contributed by atoms with Crippen molar-refractivity contribution >= 4 is 11.3 Å². The minimum absolute atomic E-state index is 0.562. The van der Waals surface area contributed by atoms with Gasteiger partial charge in [0.2, 0.25) is 0 Å². The van der Waals surface area contributed by atoms with Crippen molar-refractivity contribution in [2.45, 2.75) is 39.5 Å². The van der Waals surface area contributed by atoms with Gasteiger partial charge in [-0.2, -0.15) is 0 Å². The highest BCUT2D eigenvalue weighted by Crippen LogP contribution is 2.38. The van der Waals surface area contributed by atoms with E-state index >= 15 is 0 Å². The molecule has 1 rings (SSSR count). The molecule has 0 radical (unpaired) electrons. The van der Waals surface area contributed by atoms with Crippen molar-refractivity contribution < 1.29 is 4.74 Å². The zero-order valence-corrected chi connectivity index (χ0v) is 9.87. The van der Waals surface area contributed by atoms with Crippen LogP contribution in [0.1, 0.15) is 49.3 Å². The molecule has 0 spiro atoms. The number of hydrogen-bond donors (Lipinski definition) is 0. The molecule has 0 aromatic carbocycles. The highest BCUT2D eigenvalue weighted by molar-refractivity contribution is 7.12. The Kier molecular flexibility index (Phi) is 3.37. The Hall–Kier alpha value is -0.500. The molecule has 0 saturated carbocycles. The van der Waals surface area contributed by atoms with Gasteiger partial charge in [-0.3, -0.25) is 0 Å². The molecule has 0 aliphatic carbocycles. The van der Waals surface area contributed by atoms with Gasteiger partial charge in [0.25, 0.3) is 0 Å². The Morgan fingerprint density at radius 1 is 1.15 bits per heavy atom. The first-order valence-electron chi connectivity index (χ1n) is 4.73. The fraction of sp³-hybridized carbons (Fsp3) is 0.636. The van der Waals surface area contributed by atoms with E-state index in [1.807, 2.05) is 11.3 Å². The van der Waals surface area contributed by atoms with Gasteiger partial charge in [0, 0.05) is 9.75 Å². The van der Waals surface area contributed by atoms with Crippen LogP contribution in [-0.4, -0.2) is 7.11 Å². The summed E-state index contributed by atoms with van der Waals surface area (Å²) in [5, 5.41) is 0. The van der Waals surface area contributed by atoms with Gasteiger partial charge in [-0.25, -0.2) is 0 Å². The van der Waals surface area contributed by atoms with Crippen molar-refractivity contribution in [3.63, 3.8) is 0 Å². The Morgan fingerprint density at radius 2 is 1.77 bits per heavy atom. The molecule has 74 valence electrons. The van der Waals surface area contributed by atoms with Gasteiger partial charge in [-0.1, -0.05) is 27.7 Å². The summed E-state index contributed by atoms with van der Waals surface area (Å²) in [6.45, 7) is 8.85. The first-order valence-corrected chi connectivity index (χ1v) is 5.55. The number of hydrogen-bond acceptors (Lipinski definition) is 2. The van der Waals surface area contributed by atoms with E-state index in [0.717, 1.165) is 5.75 Å². The van der Waals surface area contributed by atoms with Gasteiger partial charge in [-0.05, 0) is 17.9 Å². The molecule has 0 amide bonds. The summed E-state index contributed by atoms with van der Waals surface area (Å²) in [6, 6.07) is 2.17. The molecule has 0 aliphatic rings.